The summed E-state index contributed by atoms with van der Waals surface area (Å²) in [6.45, 7) is 0. The molecule has 2 rings (SSSR count). The van der Waals surface area contributed by atoms with Crippen molar-refractivity contribution in [3.05, 3.63) is 29.6 Å². The Labute approximate surface area is 103 Å². The first kappa shape index (κ1) is 12.7. The molecule has 0 radical (unpaired) electrons. The minimum absolute atomic E-state index is 0.328. The maximum absolute atomic E-state index is 13.4. The van der Waals surface area contributed by atoms with Crippen molar-refractivity contribution in [2.45, 2.75) is 31.8 Å². The highest BCUT2D eigenvalue weighted by Crippen LogP contribution is 2.30. The first-order chi connectivity index (χ1) is 8.63. The van der Waals surface area contributed by atoms with Gasteiger partial charge in [0.05, 0.1) is 12.0 Å². The number of hydrogen-bond donors (Lipinski definition) is 0. The monoisotopic (exact) mass is 255 g/mol. The lowest BCUT2D eigenvalue weighted by molar-refractivity contribution is 0.113. The van der Waals surface area contributed by atoms with Crippen molar-refractivity contribution >= 4 is 0 Å². The molecule has 1 aliphatic rings. The Morgan fingerprint density at radius 1 is 1.11 bits per heavy atom. The summed E-state index contributed by atoms with van der Waals surface area (Å²) in [5.41, 5.74) is 0. The Balaban J connectivity index is 2.18. The van der Waals surface area contributed by atoms with Crippen LogP contribution in [0.5, 0.6) is 5.75 Å². The van der Waals surface area contributed by atoms with Crippen LogP contribution >= 0.6 is 0 Å². The molecule has 0 saturated heterocycles. The zero-order valence-electron chi connectivity index (χ0n) is 9.63. The molecule has 18 heavy (non-hydrogen) atoms. The topological polar surface area (TPSA) is 33.0 Å². The first-order valence-corrected chi connectivity index (χ1v) is 5.83. The van der Waals surface area contributed by atoms with E-state index in [4.69, 9.17) is 10.00 Å². The van der Waals surface area contributed by atoms with Gasteiger partial charge in [-0.15, -0.1) is 0 Å². The van der Waals surface area contributed by atoms with E-state index in [0.717, 1.165) is 25.0 Å². The summed E-state index contributed by atoms with van der Waals surface area (Å²) in [7, 11) is 0. The van der Waals surface area contributed by atoms with E-state index in [9.17, 15) is 13.2 Å². The normalized spacial score (nSPS) is 23.4. The van der Waals surface area contributed by atoms with Gasteiger partial charge in [0.1, 0.15) is 6.10 Å². The molecule has 2 nitrogen and oxygen atoms in total. The molecule has 2 atom stereocenters. The molecule has 0 amide bonds. The second-order valence-corrected chi connectivity index (χ2v) is 4.35. The van der Waals surface area contributed by atoms with E-state index in [1.54, 1.807) is 0 Å². The lowest BCUT2D eigenvalue weighted by Gasteiger charge is -2.27. The van der Waals surface area contributed by atoms with Crippen molar-refractivity contribution in [2.24, 2.45) is 5.92 Å². The molecule has 0 bridgehead atoms. The Bertz CT molecular complexity index is 484. The molecule has 0 aliphatic heterocycles. The first-order valence-electron chi connectivity index (χ1n) is 5.83. The molecular weight excluding hydrogens is 243 g/mol. The van der Waals surface area contributed by atoms with Gasteiger partial charge in [-0.25, -0.2) is 8.78 Å². The van der Waals surface area contributed by atoms with Gasteiger partial charge in [-0.3, -0.25) is 0 Å². The van der Waals surface area contributed by atoms with Crippen molar-refractivity contribution in [3.8, 4) is 11.8 Å². The van der Waals surface area contributed by atoms with Crippen molar-refractivity contribution in [2.75, 3.05) is 0 Å². The highest BCUT2D eigenvalue weighted by molar-refractivity contribution is 5.26. The summed E-state index contributed by atoms with van der Waals surface area (Å²) in [5.74, 6) is -4.79. The summed E-state index contributed by atoms with van der Waals surface area (Å²) >= 11 is 0. The summed E-state index contributed by atoms with van der Waals surface area (Å²) < 4.78 is 44.5. The molecule has 1 saturated carbocycles. The maximum Gasteiger partial charge on any atom is 0.203 e. The van der Waals surface area contributed by atoms with Crippen LogP contribution in [0.1, 0.15) is 25.7 Å². The van der Waals surface area contributed by atoms with E-state index >= 15 is 0 Å². The number of ether oxygens (including phenoxy) is 1. The number of rotatable bonds is 2. The quantitative estimate of drug-likeness (QED) is 0.757. The average Bonchev–Trinajstić information content (AvgIpc) is 2.40. The number of hydrogen-bond acceptors (Lipinski definition) is 2. The molecule has 0 aromatic heterocycles. The largest absolute Gasteiger partial charge is 0.486 e. The third-order valence-corrected chi connectivity index (χ3v) is 3.15. The smallest absolute Gasteiger partial charge is 0.203 e. The molecule has 1 aromatic rings. The van der Waals surface area contributed by atoms with Gasteiger partial charge < -0.3 is 4.74 Å². The van der Waals surface area contributed by atoms with E-state index in [1.807, 2.05) is 0 Å². The zero-order chi connectivity index (χ0) is 13.1. The van der Waals surface area contributed by atoms with Gasteiger partial charge in [0.15, 0.2) is 17.4 Å². The van der Waals surface area contributed by atoms with Crippen LogP contribution in [0, 0.1) is 34.7 Å². The number of benzene rings is 1. The van der Waals surface area contributed by atoms with Crippen molar-refractivity contribution < 1.29 is 17.9 Å². The van der Waals surface area contributed by atoms with Crippen LogP contribution in [0.2, 0.25) is 0 Å². The average molecular weight is 255 g/mol. The van der Waals surface area contributed by atoms with Crippen LogP contribution in [0.25, 0.3) is 0 Å². The summed E-state index contributed by atoms with van der Waals surface area (Å²) in [4.78, 5) is 0. The van der Waals surface area contributed by atoms with Crippen LogP contribution in [-0.2, 0) is 0 Å². The van der Waals surface area contributed by atoms with Gasteiger partial charge in [0.25, 0.3) is 0 Å². The second-order valence-electron chi connectivity index (χ2n) is 4.35. The lowest BCUT2D eigenvalue weighted by atomic mass is 9.87. The molecule has 2 unspecified atom stereocenters. The van der Waals surface area contributed by atoms with Gasteiger partial charge in [-0.2, -0.15) is 9.65 Å². The Morgan fingerprint density at radius 2 is 1.83 bits per heavy atom. The second kappa shape index (κ2) is 5.30. The molecule has 0 heterocycles. The summed E-state index contributed by atoms with van der Waals surface area (Å²) in [5, 5.41) is 8.95. The fourth-order valence-corrected chi connectivity index (χ4v) is 2.15. The Morgan fingerprint density at radius 3 is 2.56 bits per heavy atom. The van der Waals surface area contributed by atoms with E-state index in [2.05, 4.69) is 6.07 Å². The summed E-state index contributed by atoms with van der Waals surface area (Å²) in [6.07, 6.45) is 2.67. The minimum Gasteiger partial charge on any atom is -0.486 e. The molecule has 0 N–H and O–H groups in total. The maximum atomic E-state index is 13.4. The molecular formula is C13H12F3NO. The van der Waals surface area contributed by atoms with E-state index in [1.165, 1.54) is 0 Å². The van der Waals surface area contributed by atoms with Crippen LogP contribution < -0.4 is 4.74 Å². The molecule has 96 valence electrons. The number of halogens is 3. The van der Waals surface area contributed by atoms with Gasteiger partial charge in [-0.1, -0.05) is 6.42 Å². The predicted octanol–water partition coefficient (Wildman–Crippen LogP) is 3.57. The Kier molecular flexibility index (Phi) is 3.75. The van der Waals surface area contributed by atoms with Crippen molar-refractivity contribution in [1.82, 2.24) is 0 Å². The van der Waals surface area contributed by atoms with Crippen LogP contribution in [0.3, 0.4) is 0 Å². The Hall–Kier alpha value is -1.70. The fourth-order valence-electron chi connectivity index (χ4n) is 2.15. The lowest BCUT2D eigenvalue weighted by Crippen LogP contribution is -2.29. The van der Waals surface area contributed by atoms with Gasteiger partial charge >= 0.3 is 0 Å². The van der Waals surface area contributed by atoms with Crippen LogP contribution in [0.15, 0.2) is 12.1 Å². The summed E-state index contributed by atoms with van der Waals surface area (Å²) in [6, 6.07) is 3.97. The molecule has 1 aromatic carbocycles. The zero-order valence-corrected chi connectivity index (χ0v) is 9.63. The van der Waals surface area contributed by atoms with Gasteiger partial charge in [0.2, 0.25) is 5.82 Å². The predicted molar refractivity (Wildman–Crippen MR) is 58.3 cm³/mol. The van der Waals surface area contributed by atoms with E-state index in [0.29, 0.717) is 12.8 Å². The highest BCUT2D eigenvalue weighted by Gasteiger charge is 2.28. The molecule has 1 aliphatic carbocycles. The van der Waals surface area contributed by atoms with Crippen LogP contribution in [0.4, 0.5) is 13.2 Å². The van der Waals surface area contributed by atoms with Crippen molar-refractivity contribution in [3.63, 3.8) is 0 Å². The van der Waals surface area contributed by atoms with Crippen LogP contribution in [-0.4, -0.2) is 6.10 Å². The molecule has 5 heteroatoms. The minimum atomic E-state index is -1.54. The van der Waals surface area contributed by atoms with Gasteiger partial charge in [0, 0.05) is 0 Å². The number of nitriles is 1. The highest BCUT2D eigenvalue weighted by atomic mass is 19.2. The number of nitrogens with zero attached hydrogens (tertiary/aromatic N) is 1. The van der Waals surface area contributed by atoms with Gasteiger partial charge in [-0.05, 0) is 31.4 Å². The standard InChI is InChI=1S/C13H12F3NO/c14-9-5-6-11(13(16)12(9)15)18-10-4-2-1-3-8(10)7-17/h5-6,8,10H,1-4H2. The third-order valence-electron chi connectivity index (χ3n) is 3.15. The molecule has 1 fully saturated rings. The third kappa shape index (κ3) is 2.42. The SMILES string of the molecule is N#CC1CCCCC1Oc1ccc(F)c(F)c1F. The fraction of sp³-hybridized carbons (Fsp3) is 0.462. The van der Waals surface area contributed by atoms with E-state index in [-0.39, 0.29) is 11.7 Å². The molecule has 0 spiro atoms. The van der Waals surface area contributed by atoms with Crippen molar-refractivity contribution in [1.29, 1.82) is 5.26 Å². The van der Waals surface area contributed by atoms with E-state index < -0.39 is 23.6 Å².